The fourth-order valence-electron chi connectivity index (χ4n) is 2.20. The van der Waals surface area contributed by atoms with Crippen molar-refractivity contribution < 1.29 is 0 Å². The van der Waals surface area contributed by atoms with Crippen molar-refractivity contribution in [2.24, 2.45) is 11.7 Å². The van der Waals surface area contributed by atoms with Crippen LogP contribution in [-0.4, -0.2) is 24.0 Å². The standard InChI is InChI=1S/C14H22BrN3S/c1-4-12(17)14(13-6-11(15)9-19-13)18(5-2)8-10(3)7-16/h6,9-10,12,14H,4-5,8,17H2,1-3H3. The molecule has 3 unspecified atom stereocenters. The highest BCUT2D eigenvalue weighted by molar-refractivity contribution is 9.10. The minimum Gasteiger partial charge on any atom is -0.326 e. The molecule has 106 valence electrons. The highest BCUT2D eigenvalue weighted by Crippen LogP contribution is 2.32. The van der Waals surface area contributed by atoms with Crippen LogP contribution in [0.3, 0.4) is 0 Å². The zero-order valence-corrected chi connectivity index (χ0v) is 14.2. The van der Waals surface area contributed by atoms with Crippen LogP contribution in [0.25, 0.3) is 0 Å². The number of nitriles is 1. The molecule has 1 aromatic heterocycles. The maximum atomic E-state index is 9.02. The molecule has 0 radical (unpaired) electrons. The average Bonchev–Trinajstić information content (AvgIpc) is 2.83. The largest absolute Gasteiger partial charge is 0.326 e. The molecule has 0 aliphatic carbocycles. The molecule has 3 nitrogen and oxygen atoms in total. The third kappa shape index (κ3) is 4.57. The summed E-state index contributed by atoms with van der Waals surface area (Å²) in [6.45, 7) is 7.87. The fraction of sp³-hybridized carbons (Fsp3) is 0.643. The second kappa shape index (κ2) is 8.01. The smallest absolute Gasteiger partial charge is 0.0666 e. The predicted octanol–water partition coefficient (Wildman–Crippen LogP) is 3.77. The van der Waals surface area contributed by atoms with Crippen LogP contribution < -0.4 is 5.73 Å². The zero-order chi connectivity index (χ0) is 14.4. The van der Waals surface area contributed by atoms with Gasteiger partial charge in [0.15, 0.2) is 0 Å². The highest BCUT2D eigenvalue weighted by Gasteiger charge is 2.27. The molecule has 0 spiro atoms. The summed E-state index contributed by atoms with van der Waals surface area (Å²) in [7, 11) is 0. The lowest BCUT2D eigenvalue weighted by Gasteiger charge is -2.34. The van der Waals surface area contributed by atoms with Gasteiger partial charge in [0.25, 0.3) is 0 Å². The Bertz CT molecular complexity index is 427. The van der Waals surface area contributed by atoms with E-state index >= 15 is 0 Å². The van der Waals surface area contributed by atoms with Crippen LogP contribution in [0.4, 0.5) is 0 Å². The molecule has 1 aromatic rings. The van der Waals surface area contributed by atoms with Crippen molar-refractivity contribution >= 4 is 27.3 Å². The summed E-state index contributed by atoms with van der Waals surface area (Å²) >= 11 is 5.23. The van der Waals surface area contributed by atoms with Crippen molar-refractivity contribution in [3.63, 3.8) is 0 Å². The number of thiophene rings is 1. The summed E-state index contributed by atoms with van der Waals surface area (Å²) in [6, 6.07) is 4.74. The van der Waals surface area contributed by atoms with E-state index in [-0.39, 0.29) is 18.0 Å². The Balaban J connectivity index is 2.98. The number of hydrogen-bond donors (Lipinski definition) is 1. The summed E-state index contributed by atoms with van der Waals surface area (Å²) in [5.74, 6) is 0.0231. The summed E-state index contributed by atoms with van der Waals surface area (Å²) in [6.07, 6.45) is 0.928. The molecular formula is C14H22BrN3S. The molecule has 1 rings (SSSR count). The lowest BCUT2D eigenvalue weighted by atomic mass is 10.0. The molecule has 0 bridgehead atoms. The molecule has 5 heteroatoms. The first-order valence-corrected chi connectivity index (χ1v) is 8.33. The third-order valence-corrected chi connectivity index (χ3v) is 5.05. The first-order chi connectivity index (χ1) is 9.03. The lowest BCUT2D eigenvalue weighted by Crippen LogP contribution is -2.42. The minimum atomic E-state index is 0.0231. The van der Waals surface area contributed by atoms with Gasteiger partial charge in [-0.15, -0.1) is 11.3 Å². The van der Waals surface area contributed by atoms with Crippen LogP contribution >= 0.6 is 27.3 Å². The number of rotatable bonds is 7. The fourth-order valence-corrected chi connectivity index (χ4v) is 3.85. The van der Waals surface area contributed by atoms with Crippen molar-refractivity contribution in [2.75, 3.05) is 13.1 Å². The Morgan fingerprint density at radius 1 is 1.53 bits per heavy atom. The van der Waals surface area contributed by atoms with Crippen molar-refractivity contribution in [2.45, 2.75) is 39.3 Å². The third-order valence-electron chi connectivity index (χ3n) is 3.28. The first kappa shape index (κ1) is 16.6. The van der Waals surface area contributed by atoms with Gasteiger partial charge >= 0.3 is 0 Å². The van der Waals surface area contributed by atoms with Crippen LogP contribution in [-0.2, 0) is 0 Å². The van der Waals surface area contributed by atoms with Gasteiger partial charge in [-0.25, -0.2) is 0 Å². The van der Waals surface area contributed by atoms with Gasteiger partial charge in [0.1, 0.15) is 0 Å². The number of nitrogens with two attached hydrogens (primary N) is 1. The van der Waals surface area contributed by atoms with E-state index in [4.69, 9.17) is 11.0 Å². The number of nitrogens with zero attached hydrogens (tertiary/aromatic N) is 2. The van der Waals surface area contributed by atoms with E-state index < -0.39 is 0 Å². The van der Waals surface area contributed by atoms with Gasteiger partial charge in [-0.05, 0) is 41.9 Å². The van der Waals surface area contributed by atoms with E-state index in [9.17, 15) is 0 Å². The van der Waals surface area contributed by atoms with Gasteiger partial charge in [0.2, 0.25) is 0 Å². The summed E-state index contributed by atoms with van der Waals surface area (Å²) in [5.41, 5.74) is 6.32. The Hall–Kier alpha value is -0.410. The molecule has 0 saturated carbocycles. The van der Waals surface area contributed by atoms with E-state index in [2.05, 4.69) is 52.2 Å². The van der Waals surface area contributed by atoms with Gasteiger partial charge < -0.3 is 5.73 Å². The molecular weight excluding hydrogens is 322 g/mol. The molecule has 0 aliphatic heterocycles. The molecule has 2 N–H and O–H groups in total. The van der Waals surface area contributed by atoms with Crippen LogP contribution in [0.1, 0.15) is 38.1 Å². The number of hydrogen-bond acceptors (Lipinski definition) is 4. The maximum Gasteiger partial charge on any atom is 0.0666 e. The average molecular weight is 344 g/mol. The van der Waals surface area contributed by atoms with Gasteiger partial charge in [-0.2, -0.15) is 5.26 Å². The first-order valence-electron chi connectivity index (χ1n) is 6.66. The molecule has 0 aliphatic rings. The molecule has 3 atom stereocenters. The van der Waals surface area contributed by atoms with E-state index in [0.29, 0.717) is 0 Å². The van der Waals surface area contributed by atoms with E-state index in [1.807, 2.05) is 6.92 Å². The summed E-state index contributed by atoms with van der Waals surface area (Å²) < 4.78 is 1.10. The molecule has 0 aromatic carbocycles. The normalized spacial score (nSPS) is 16.1. The van der Waals surface area contributed by atoms with Crippen molar-refractivity contribution in [1.82, 2.24) is 4.90 Å². The molecule has 1 heterocycles. The maximum absolute atomic E-state index is 9.02. The van der Waals surface area contributed by atoms with Crippen LogP contribution in [0.2, 0.25) is 0 Å². The Labute approximate surface area is 128 Å². The molecule has 0 saturated heterocycles. The van der Waals surface area contributed by atoms with E-state index in [0.717, 1.165) is 24.0 Å². The summed E-state index contributed by atoms with van der Waals surface area (Å²) in [5, 5.41) is 11.1. The predicted molar refractivity (Wildman–Crippen MR) is 85.1 cm³/mol. The molecule has 0 amide bonds. The quantitative estimate of drug-likeness (QED) is 0.819. The van der Waals surface area contributed by atoms with Crippen molar-refractivity contribution in [3.05, 3.63) is 20.8 Å². The van der Waals surface area contributed by atoms with Crippen LogP contribution in [0.5, 0.6) is 0 Å². The van der Waals surface area contributed by atoms with Crippen LogP contribution in [0, 0.1) is 17.2 Å². The monoisotopic (exact) mass is 343 g/mol. The Morgan fingerprint density at radius 3 is 2.63 bits per heavy atom. The highest BCUT2D eigenvalue weighted by atomic mass is 79.9. The topological polar surface area (TPSA) is 53.0 Å². The SMILES string of the molecule is CCC(N)C(c1cc(Br)cs1)N(CC)CC(C)C#N. The van der Waals surface area contributed by atoms with Gasteiger partial charge in [0.05, 0.1) is 18.0 Å². The summed E-state index contributed by atoms with van der Waals surface area (Å²) in [4.78, 5) is 3.59. The molecule has 19 heavy (non-hydrogen) atoms. The van der Waals surface area contributed by atoms with Crippen molar-refractivity contribution in [3.8, 4) is 6.07 Å². The van der Waals surface area contributed by atoms with E-state index in [1.54, 1.807) is 11.3 Å². The number of halogens is 1. The Kier molecular flexibility index (Phi) is 7.01. The van der Waals surface area contributed by atoms with Gasteiger partial charge in [-0.1, -0.05) is 13.8 Å². The molecule has 0 fully saturated rings. The number of likely N-dealkylation sites (N-methyl/N-ethyl adjacent to an activating group) is 1. The zero-order valence-electron chi connectivity index (χ0n) is 11.8. The van der Waals surface area contributed by atoms with Crippen molar-refractivity contribution in [1.29, 1.82) is 5.26 Å². The van der Waals surface area contributed by atoms with Crippen LogP contribution in [0.15, 0.2) is 15.9 Å². The lowest BCUT2D eigenvalue weighted by molar-refractivity contribution is 0.168. The van der Waals surface area contributed by atoms with Gasteiger partial charge in [-0.3, -0.25) is 4.90 Å². The van der Waals surface area contributed by atoms with E-state index in [1.165, 1.54) is 4.88 Å². The minimum absolute atomic E-state index is 0.0231. The van der Waals surface area contributed by atoms with Gasteiger partial charge in [0, 0.05) is 27.3 Å². The second-order valence-electron chi connectivity index (χ2n) is 4.80. The second-order valence-corrected chi connectivity index (χ2v) is 6.66. The Morgan fingerprint density at radius 2 is 2.21 bits per heavy atom.